The van der Waals surface area contributed by atoms with Crippen LogP contribution in [-0.4, -0.2) is 14.9 Å². The van der Waals surface area contributed by atoms with Crippen molar-refractivity contribution in [2.24, 2.45) is 0 Å². The first kappa shape index (κ1) is 15.9. The van der Waals surface area contributed by atoms with Gasteiger partial charge >= 0.3 is 0 Å². The Morgan fingerprint density at radius 1 is 1.26 bits per heavy atom. The summed E-state index contributed by atoms with van der Waals surface area (Å²) in [5.41, 5.74) is 7.81. The van der Waals surface area contributed by atoms with E-state index < -0.39 is 8.32 Å². The van der Waals surface area contributed by atoms with E-state index in [9.17, 15) is 0 Å². The Hall–Kier alpha value is -1.16. The van der Waals surface area contributed by atoms with E-state index in [2.05, 4.69) is 46.1 Å². The topological polar surface area (TPSA) is 47.3 Å². The molecule has 3 N–H and O–H groups in total. The molecule has 0 atom stereocenters. The molecule has 0 aliphatic rings. The average molecular weight is 280 g/mol. The van der Waals surface area contributed by atoms with Gasteiger partial charge in [-0.2, -0.15) is 0 Å². The molecule has 0 aliphatic heterocycles. The molecular weight excluding hydrogens is 252 g/mol. The third kappa shape index (κ3) is 4.16. The molecule has 108 valence electrons. The minimum absolute atomic E-state index is 0.195. The lowest BCUT2D eigenvalue weighted by atomic mass is 10.2. The van der Waals surface area contributed by atoms with E-state index in [-0.39, 0.29) is 5.04 Å². The van der Waals surface area contributed by atoms with E-state index in [1.54, 1.807) is 0 Å². The smallest absolute Gasteiger partial charge is 0.250 e. The number of rotatable bonds is 5. The fraction of sp³-hybridized carbons (Fsp3) is 0.600. The molecule has 0 unspecified atom stereocenters. The van der Waals surface area contributed by atoms with Crippen LogP contribution in [0, 0.1) is 0 Å². The highest BCUT2D eigenvalue weighted by atomic mass is 28.4. The van der Waals surface area contributed by atoms with Crippen molar-refractivity contribution in [1.82, 2.24) is 0 Å². The van der Waals surface area contributed by atoms with Crippen molar-refractivity contribution < 1.29 is 4.43 Å². The lowest BCUT2D eigenvalue weighted by Crippen LogP contribution is -2.43. The van der Waals surface area contributed by atoms with Crippen molar-refractivity contribution in [2.75, 3.05) is 17.6 Å². The number of anilines is 2. The van der Waals surface area contributed by atoms with Crippen LogP contribution in [0.5, 0.6) is 5.75 Å². The molecule has 0 amide bonds. The van der Waals surface area contributed by atoms with Crippen LogP contribution in [0.2, 0.25) is 18.1 Å². The summed E-state index contributed by atoms with van der Waals surface area (Å²) >= 11 is 0. The fourth-order valence-electron chi connectivity index (χ4n) is 1.47. The van der Waals surface area contributed by atoms with Crippen molar-refractivity contribution in [1.29, 1.82) is 0 Å². The number of benzene rings is 1. The molecule has 0 heterocycles. The van der Waals surface area contributed by atoms with Gasteiger partial charge < -0.3 is 15.5 Å². The van der Waals surface area contributed by atoms with Crippen molar-refractivity contribution >= 4 is 19.7 Å². The van der Waals surface area contributed by atoms with Gasteiger partial charge in [0.2, 0.25) is 8.32 Å². The molecule has 4 heteroatoms. The normalized spacial score (nSPS) is 12.3. The second-order valence-electron chi connectivity index (χ2n) is 6.54. The van der Waals surface area contributed by atoms with Gasteiger partial charge in [0.25, 0.3) is 0 Å². The summed E-state index contributed by atoms with van der Waals surface area (Å²) < 4.78 is 6.24. The van der Waals surface area contributed by atoms with Crippen LogP contribution in [0.3, 0.4) is 0 Å². The third-order valence-electron chi connectivity index (χ3n) is 3.77. The third-order valence-corrected chi connectivity index (χ3v) is 8.13. The number of hydrogen-bond acceptors (Lipinski definition) is 3. The van der Waals surface area contributed by atoms with Gasteiger partial charge in [0.15, 0.2) is 0 Å². The number of nitrogens with one attached hydrogen (secondary N) is 1. The number of nitrogens with two attached hydrogens (primary N) is 1. The lowest BCUT2D eigenvalue weighted by Gasteiger charge is -2.36. The first-order valence-corrected chi connectivity index (χ1v) is 9.90. The van der Waals surface area contributed by atoms with Gasteiger partial charge in [0.1, 0.15) is 5.75 Å². The summed E-state index contributed by atoms with van der Waals surface area (Å²) in [6.07, 6.45) is 1.08. The fourth-order valence-corrected chi connectivity index (χ4v) is 2.50. The zero-order valence-electron chi connectivity index (χ0n) is 13.1. The summed E-state index contributed by atoms with van der Waals surface area (Å²) in [7, 11) is -1.79. The van der Waals surface area contributed by atoms with Crippen molar-refractivity contribution in [3.63, 3.8) is 0 Å². The summed E-state index contributed by atoms with van der Waals surface area (Å²) in [5, 5.41) is 3.51. The Bertz CT molecular complexity index is 425. The Kier molecular flexibility index (Phi) is 4.90. The Labute approximate surface area is 118 Å². The molecule has 0 saturated heterocycles. The highest BCUT2D eigenvalue weighted by Crippen LogP contribution is 2.38. The molecule has 1 aromatic rings. The molecule has 0 radical (unpaired) electrons. The minimum Gasteiger partial charge on any atom is -0.543 e. The standard InChI is InChI=1S/C15H28N2OSi/c1-7-10-17-14-9-8-12(11-13(14)16)18-19(5,6)15(2,3)4/h8-9,11,17H,7,10,16H2,1-6H3. The van der Waals surface area contributed by atoms with E-state index in [4.69, 9.17) is 10.2 Å². The molecule has 0 saturated carbocycles. The number of nitrogen functional groups attached to an aromatic ring is 1. The van der Waals surface area contributed by atoms with E-state index in [1.165, 1.54) is 0 Å². The summed E-state index contributed by atoms with van der Waals surface area (Å²) in [6, 6.07) is 5.95. The second kappa shape index (κ2) is 5.86. The van der Waals surface area contributed by atoms with Crippen molar-refractivity contribution in [3.05, 3.63) is 18.2 Å². The maximum Gasteiger partial charge on any atom is 0.250 e. The van der Waals surface area contributed by atoms with Gasteiger partial charge in [0, 0.05) is 12.6 Å². The van der Waals surface area contributed by atoms with E-state index in [0.29, 0.717) is 0 Å². The summed E-state index contributed by atoms with van der Waals surface area (Å²) in [6.45, 7) is 14.3. The second-order valence-corrected chi connectivity index (χ2v) is 11.3. The molecule has 0 spiro atoms. The van der Waals surface area contributed by atoms with Gasteiger partial charge in [-0.25, -0.2) is 0 Å². The average Bonchev–Trinajstić information content (AvgIpc) is 2.26. The molecule has 1 aromatic carbocycles. The molecular formula is C15H28N2OSi. The van der Waals surface area contributed by atoms with Crippen molar-refractivity contribution in [2.45, 2.75) is 52.2 Å². The quantitative estimate of drug-likeness (QED) is 0.618. The summed E-state index contributed by atoms with van der Waals surface area (Å²) in [5.74, 6) is 0.881. The van der Waals surface area contributed by atoms with Crippen LogP contribution in [-0.2, 0) is 0 Å². The molecule has 0 bridgehead atoms. The molecule has 3 nitrogen and oxygen atoms in total. The molecule has 0 aromatic heterocycles. The predicted molar refractivity (Wildman–Crippen MR) is 87.5 cm³/mol. The Morgan fingerprint density at radius 2 is 1.89 bits per heavy atom. The van der Waals surface area contributed by atoms with Crippen LogP contribution >= 0.6 is 0 Å². The molecule has 0 aliphatic carbocycles. The van der Waals surface area contributed by atoms with Crippen LogP contribution in [0.25, 0.3) is 0 Å². The Balaban J connectivity index is 2.84. The van der Waals surface area contributed by atoms with Crippen LogP contribution < -0.4 is 15.5 Å². The van der Waals surface area contributed by atoms with E-state index >= 15 is 0 Å². The van der Waals surface area contributed by atoms with Gasteiger partial charge in [-0.3, -0.25) is 0 Å². The van der Waals surface area contributed by atoms with Crippen molar-refractivity contribution in [3.8, 4) is 5.75 Å². The van der Waals surface area contributed by atoms with Gasteiger partial charge in [-0.05, 0) is 36.7 Å². The van der Waals surface area contributed by atoms with Crippen LogP contribution in [0.15, 0.2) is 18.2 Å². The summed E-state index contributed by atoms with van der Waals surface area (Å²) in [4.78, 5) is 0. The minimum atomic E-state index is -1.79. The number of hydrogen-bond donors (Lipinski definition) is 2. The van der Waals surface area contributed by atoms with E-state index in [0.717, 1.165) is 30.1 Å². The van der Waals surface area contributed by atoms with Gasteiger partial charge in [-0.15, -0.1) is 0 Å². The lowest BCUT2D eigenvalue weighted by molar-refractivity contribution is 0.492. The van der Waals surface area contributed by atoms with Crippen LogP contribution in [0.1, 0.15) is 34.1 Å². The zero-order valence-corrected chi connectivity index (χ0v) is 14.1. The van der Waals surface area contributed by atoms with Crippen LogP contribution in [0.4, 0.5) is 11.4 Å². The monoisotopic (exact) mass is 280 g/mol. The molecule has 0 fully saturated rings. The first-order chi connectivity index (χ1) is 8.67. The predicted octanol–water partition coefficient (Wildman–Crippen LogP) is 4.47. The Morgan fingerprint density at radius 3 is 2.37 bits per heavy atom. The first-order valence-electron chi connectivity index (χ1n) is 7.00. The van der Waals surface area contributed by atoms with Gasteiger partial charge in [0.05, 0.1) is 11.4 Å². The molecule has 19 heavy (non-hydrogen) atoms. The molecule has 1 rings (SSSR count). The maximum atomic E-state index is 6.24. The highest BCUT2D eigenvalue weighted by molar-refractivity contribution is 6.74. The highest BCUT2D eigenvalue weighted by Gasteiger charge is 2.38. The van der Waals surface area contributed by atoms with Gasteiger partial charge in [-0.1, -0.05) is 27.7 Å². The SMILES string of the molecule is CCCNc1ccc(O[Si](C)(C)C(C)(C)C)cc1N. The zero-order chi connectivity index (χ0) is 14.7. The van der Waals surface area contributed by atoms with E-state index in [1.807, 2.05) is 18.2 Å². The maximum absolute atomic E-state index is 6.24. The largest absolute Gasteiger partial charge is 0.543 e.